The number of hydrogen-bond donors (Lipinski definition) is 0. The van der Waals surface area contributed by atoms with Gasteiger partial charge >= 0.3 is 0 Å². The molecule has 120 valence electrons. The fourth-order valence-corrected chi connectivity index (χ4v) is 3.78. The molecule has 0 bridgehead atoms. The highest BCUT2D eigenvalue weighted by molar-refractivity contribution is 6.09. The lowest BCUT2D eigenvalue weighted by Gasteiger charge is -2.26. The van der Waals surface area contributed by atoms with Crippen LogP contribution in [0.2, 0.25) is 0 Å². The average molecular weight is 321 g/mol. The molecule has 0 saturated carbocycles. The van der Waals surface area contributed by atoms with Gasteiger partial charge in [-0.05, 0) is 48.9 Å². The zero-order chi connectivity index (χ0) is 16.1. The number of hydrogen-bond acceptors (Lipinski definition) is 5. The van der Waals surface area contributed by atoms with Crippen LogP contribution in [-0.2, 0) is 12.8 Å². The molecule has 5 rings (SSSR count). The molecule has 1 aromatic carbocycles. The van der Waals surface area contributed by atoms with E-state index in [1.807, 2.05) is 17.1 Å². The Kier molecular flexibility index (Phi) is 2.98. The third-order valence-corrected chi connectivity index (χ3v) is 4.88. The van der Waals surface area contributed by atoms with Crippen LogP contribution in [0.15, 0.2) is 39.6 Å². The summed E-state index contributed by atoms with van der Waals surface area (Å²) in [5.41, 5.74) is 5.43. The van der Waals surface area contributed by atoms with Gasteiger partial charge < -0.3 is 0 Å². The van der Waals surface area contributed by atoms with E-state index in [1.165, 1.54) is 17.7 Å². The zero-order valence-electron chi connectivity index (χ0n) is 13.2. The average Bonchev–Trinajstić information content (AvgIpc) is 3.09. The number of aliphatic imine (C=N–C) groups is 1. The summed E-state index contributed by atoms with van der Waals surface area (Å²) in [4.78, 5) is 9.40. The summed E-state index contributed by atoms with van der Waals surface area (Å²) in [5.74, 6) is 1.27. The summed E-state index contributed by atoms with van der Waals surface area (Å²) < 4.78 is 13.4. The Bertz CT molecular complexity index is 885. The normalized spacial score (nSPS) is 18.0. The molecule has 0 fully saturated rings. The second kappa shape index (κ2) is 5.19. The third-order valence-electron chi connectivity index (χ3n) is 4.88. The van der Waals surface area contributed by atoms with Crippen molar-refractivity contribution in [1.82, 2.24) is 9.99 Å². The predicted molar refractivity (Wildman–Crippen MR) is 88.9 cm³/mol. The molecular weight excluding hydrogens is 305 g/mol. The number of fused-ring (bicyclic) bond motifs is 4. The van der Waals surface area contributed by atoms with Gasteiger partial charge in [0.15, 0.2) is 11.7 Å². The number of aryl methyl sites for hydroxylation is 1. The van der Waals surface area contributed by atoms with Crippen molar-refractivity contribution in [3.05, 3.63) is 46.9 Å². The number of pyridine rings is 1. The SMILES string of the molecule is Fc1ccc(-c2c3c(nc4c2C2=NCCN2N=N4)CCCC3)cc1. The molecule has 5 nitrogen and oxygen atoms in total. The van der Waals surface area contributed by atoms with Crippen LogP contribution >= 0.6 is 0 Å². The quantitative estimate of drug-likeness (QED) is 0.801. The van der Waals surface area contributed by atoms with Gasteiger partial charge in [-0.2, -0.15) is 0 Å². The fourth-order valence-electron chi connectivity index (χ4n) is 3.78. The molecule has 24 heavy (non-hydrogen) atoms. The van der Waals surface area contributed by atoms with E-state index in [1.54, 1.807) is 0 Å². The number of rotatable bonds is 1. The Morgan fingerprint density at radius 3 is 2.71 bits per heavy atom. The lowest BCUT2D eigenvalue weighted by Crippen LogP contribution is -2.27. The topological polar surface area (TPSA) is 53.2 Å². The standard InChI is InChI=1S/C18H16FN5/c19-12-7-5-11(6-8-12)15-13-3-1-2-4-14(13)21-17-16(15)18-20-9-10-24(18)23-22-17/h5-8H,1-4,9-10H2. The molecule has 3 aliphatic rings. The molecule has 2 aliphatic heterocycles. The van der Waals surface area contributed by atoms with Gasteiger partial charge in [0, 0.05) is 11.3 Å². The van der Waals surface area contributed by atoms with Gasteiger partial charge in [-0.15, -0.1) is 5.11 Å². The van der Waals surface area contributed by atoms with Crippen LogP contribution in [-0.4, -0.2) is 28.9 Å². The summed E-state index contributed by atoms with van der Waals surface area (Å²) >= 11 is 0. The van der Waals surface area contributed by atoms with Crippen LogP contribution < -0.4 is 0 Å². The Morgan fingerprint density at radius 1 is 1.00 bits per heavy atom. The maximum Gasteiger partial charge on any atom is 0.188 e. The van der Waals surface area contributed by atoms with Crippen molar-refractivity contribution in [2.75, 3.05) is 13.1 Å². The number of halogens is 1. The Labute approximate surface area is 138 Å². The summed E-state index contributed by atoms with van der Waals surface area (Å²) in [6.07, 6.45) is 4.25. The van der Waals surface area contributed by atoms with Crippen LogP contribution in [0.1, 0.15) is 29.7 Å². The smallest absolute Gasteiger partial charge is 0.188 e. The molecule has 0 N–H and O–H groups in total. The maximum absolute atomic E-state index is 13.4. The van der Waals surface area contributed by atoms with E-state index in [2.05, 4.69) is 15.3 Å². The number of benzene rings is 1. The predicted octanol–water partition coefficient (Wildman–Crippen LogP) is 3.84. The van der Waals surface area contributed by atoms with Crippen molar-refractivity contribution in [2.24, 2.45) is 15.3 Å². The minimum Gasteiger partial charge on any atom is -0.264 e. The van der Waals surface area contributed by atoms with Crippen LogP contribution in [0.4, 0.5) is 10.2 Å². The van der Waals surface area contributed by atoms with E-state index in [0.717, 1.165) is 60.4 Å². The molecule has 1 aromatic heterocycles. The van der Waals surface area contributed by atoms with Gasteiger partial charge in [0.25, 0.3) is 0 Å². The van der Waals surface area contributed by atoms with Crippen LogP contribution in [0.3, 0.4) is 0 Å². The van der Waals surface area contributed by atoms with Gasteiger partial charge in [-0.1, -0.05) is 17.4 Å². The van der Waals surface area contributed by atoms with Crippen molar-refractivity contribution >= 4 is 11.7 Å². The lowest BCUT2D eigenvalue weighted by molar-refractivity contribution is 0.451. The highest BCUT2D eigenvalue weighted by Gasteiger charge is 2.32. The molecule has 6 heteroatoms. The molecule has 0 atom stereocenters. The van der Waals surface area contributed by atoms with Gasteiger partial charge in [-0.25, -0.2) is 14.4 Å². The van der Waals surface area contributed by atoms with Crippen molar-refractivity contribution < 1.29 is 4.39 Å². The van der Waals surface area contributed by atoms with Gasteiger partial charge in [0.2, 0.25) is 0 Å². The number of amidine groups is 1. The highest BCUT2D eigenvalue weighted by atomic mass is 19.1. The first-order valence-corrected chi connectivity index (χ1v) is 8.37. The van der Waals surface area contributed by atoms with Crippen LogP contribution in [0, 0.1) is 5.82 Å². The number of nitrogens with zero attached hydrogens (tertiary/aromatic N) is 5. The zero-order valence-corrected chi connectivity index (χ0v) is 13.2. The highest BCUT2D eigenvalue weighted by Crippen LogP contribution is 2.41. The van der Waals surface area contributed by atoms with E-state index in [9.17, 15) is 4.39 Å². The second-order valence-corrected chi connectivity index (χ2v) is 6.34. The minimum atomic E-state index is -0.227. The van der Waals surface area contributed by atoms with Gasteiger partial charge in [0.1, 0.15) is 5.82 Å². The van der Waals surface area contributed by atoms with Crippen molar-refractivity contribution in [3.8, 4) is 11.1 Å². The molecule has 0 amide bonds. The first-order chi connectivity index (χ1) is 11.8. The summed E-state index contributed by atoms with van der Waals surface area (Å²) in [7, 11) is 0. The molecule has 3 heterocycles. The number of aromatic nitrogens is 1. The first-order valence-electron chi connectivity index (χ1n) is 8.37. The van der Waals surface area contributed by atoms with Gasteiger partial charge in [0.05, 0.1) is 18.7 Å². The van der Waals surface area contributed by atoms with E-state index in [4.69, 9.17) is 4.98 Å². The summed E-state index contributed by atoms with van der Waals surface area (Å²) in [6, 6.07) is 6.70. The molecule has 1 aliphatic carbocycles. The third kappa shape index (κ3) is 1.99. The molecule has 0 saturated heterocycles. The van der Waals surface area contributed by atoms with E-state index in [0.29, 0.717) is 12.4 Å². The molecule has 0 unspecified atom stereocenters. The minimum absolute atomic E-state index is 0.227. The molecular formula is C18H16FN5. The van der Waals surface area contributed by atoms with Gasteiger partial charge in [-0.3, -0.25) is 4.99 Å². The van der Waals surface area contributed by atoms with E-state index >= 15 is 0 Å². The first kappa shape index (κ1) is 13.8. The van der Waals surface area contributed by atoms with E-state index < -0.39 is 0 Å². The van der Waals surface area contributed by atoms with Crippen molar-refractivity contribution in [3.63, 3.8) is 0 Å². The molecule has 0 radical (unpaired) electrons. The largest absolute Gasteiger partial charge is 0.264 e. The maximum atomic E-state index is 13.4. The Morgan fingerprint density at radius 2 is 1.83 bits per heavy atom. The second-order valence-electron chi connectivity index (χ2n) is 6.34. The Hall–Kier alpha value is -2.63. The molecule has 0 spiro atoms. The van der Waals surface area contributed by atoms with Crippen LogP contribution in [0.5, 0.6) is 0 Å². The lowest BCUT2D eigenvalue weighted by atomic mass is 9.86. The monoisotopic (exact) mass is 321 g/mol. The van der Waals surface area contributed by atoms with Crippen molar-refractivity contribution in [1.29, 1.82) is 0 Å². The molecule has 2 aromatic rings. The van der Waals surface area contributed by atoms with E-state index in [-0.39, 0.29) is 5.82 Å². The van der Waals surface area contributed by atoms with Crippen LogP contribution in [0.25, 0.3) is 11.1 Å². The summed E-state index contributed by atoms with van der Waals surface area (Å²) in [6.45, 7) is 1.46. The van der Waals surface area contributed by atoms with Crippen molar-refractivity contribution in [2.45, 2.75) is 25.7 Å². The summed E-state index contributed by atoms with van der Waals surface area (Å²) in [5, 5.41) is 10.4. The fraction of sp³-hybridized carbons (Fsp3) is 0.333. The Balaban J connectivity index is 1.83.